The van der Waals surface area contributed by atoms with Gasteiger partial charge in [-0.2, -0.15) is 0 Å². The van der Waals surface area contributed by atoms with E-state index >= 15 is 0 Å². The van der Waals surface area contributed by atoms with Crippen molar-refractivity contribution in [3.8, 4) is 11.3 Å². The van der Waals surface area contributed by atoms with Gasteiger partial charge in [-0.05, 0) is 18.9 Å². The van der Waals surface area contributed by atoms with Gasteiger partial charge < -0.3 is 9.30 Å². The summed E-state index contributed by atoms with van der Waals surface area (Å²) in [5.74, 6) is 0. The summed E-state index contributed by atoms with van der Waals surface area (Å²) in [6.45, 7) is 1.16. The second-order valence-electron chi connectivity index (χ2n) is 7.15. The molecule has 1 fully saturated rings. The van der Waals surface area contributed by atoms with Gasteiger partial charge in [0.15, 0.2) is 0 Å². The van der Waals surface area contributed by atoms with Gasteiger partial charge in [0.25, 0.3) is 11.2 Å². The molecule has 0 saturated carbocycles. The number of aromatic nitrogens is 3. The summed E-state index contributed by atoms with van der Waals surface area (Å²) in [4.78, 5) is 36.3. The normalized spacial score (nSPS) is 16.6. The second-order valence-corrected chi connectivity index (χ2v) is 8.01. The maximum Gasteiger partial charge on any atom is 0.330 e. The molecule has 0 N–H and O–H groups in total. The molecular weight excluding hydrogens is 444 g/mol. The predicted molar refractivity (Wildman–Crippen MR) is 111 cm³/mol. The minimum atomic E-state index is -0.473. The maximum absolute atomic E-state index is 13.0. The molecule has 10 heteroatoms. The molecule has 2 aromatic heterocycles. The van der Waals surface area contributed by atoms with Crippen molar-refractivity contribution < 1.29 is 9.66 Å². The lowest BCUT2D eigenvalue weighted by Gasteiger charge is -2.15. The maximum atomic E-state index is 13.0. The standard InChI is InChI=1S/C19H19BrN4O5/c1-21-15-10-23(9-12-4-3-7-29-12)17(16(15)18(25)22(2)19(21)26)13-8-11(24(27)28)5-6-14(13)20/h5-6,8,10,12H,3-4,7,9H2,1-2H3/t12-/m1/s1. The van der Waals surface area contributed by atoms with Gasteiger partial charge in [0.2, 0.25) is 0 Å². The van der Waals surface area contributed by atoms with Crippen LogP contribution in [0.4, 0.5) is 5.69 Å². The van der Waals surface area contributed by atoms with Crippen LogP contribution in [0.15, 0.2) is 38.5 Å². The van der Waals surface area contributed by atoms with Gasteiger partial charge in [0.1, 0.15) is 0 Å². The zero-order valence-electron chi connectivity index (χ0n) is 15.9. The zero-order valence-corrected chi connectivity index (χ0v) is 17.5. The number of benzene rings is 1. The molecule has 0 unspecified atom stereocenters. The summed E-state index contributed by atoms with van der Waals surface area (Å²) in [5, 5.41) is 11.7. The van der Waals surface area contributed by atoms with E-state index in [4.69, 9.17) is 4.74 Å². The summed E-state index contributed by atoms with van der Waals surface area (Å²) < 4.78 is 10.7. The number of hydrogen-bond donors (Lipinski definition) is 0. The molecule has 1 saturated heterocycles. The lowest BCUT2D eigenvalue weighted by Crippen LogP contribution is -2.36. The monoisotopic (exact) mass is 462 g/mol. The summed E-state index contributed by atoms with van der Waals surface area (Å²) in [6, 6.07) is 4.43. The number of nitro groups is 1. The van der Waals surface area contributed by atoms with Crippen LogP contribution in [0.2, 0.25) is 0 Å². The van der Waals surface area contributed by atoms with Crippen molar-refractivity contribution in [2.45, 2.75) is 25.5 Å². The third-order valence-corrected chi connectivity index (χ3v) is 6.04. The molecule has 1 atom stereocenters. The van der Waals surface area contributed by atoms with E-state index in [1.54, 1.807) is 19.3 Å². The van der Waals surface area contributed by atoms with Crippen LogP contribution in [0.1, 0.15) is 12.8 Å². The minimum Gasteiger partial charge on any atom is -0.376 e. The highest BCUT2D eigenvalue weighted by Gasteiger charge is 2.25. The van der Waals surface area contributed by atoms with Crippen LogP contribution in [0, 0.1) is 10.1 Å². The first kappa shape index (κ1) is 19.6. The van der Waals surface area contributed by atoms with Gasteiger partial charge in [0, 0.05) is 55.6 Å². The van der Waals surface area contributed by atoms with Crippen LogP contribution in [-0.4, -0.2) is 31.3 Å². The molecule has 1 aliphatic rings. The topological polar surface area (TPSA) is 101 Å². The van der Waals surface area contributed by atoms with Crippen molar-refractivity contribution in [2.24, 2.45) is 14.1 Å². The van der Waals surface area contributed by atoms with Crippen LogP contribution in [0.3, 0.4) is 0 Å². The van der Waals surface area contributed by atoms with Crippen LogP contribution in [0.25, 0.3) is 22.2 Å². The van der Waals surface area contributed by atoms with Crippen LogP contribution in [0.5, 0.6) is 0 Å². The Bertz CT molecular complexity index is 1250. The smallest absolute Gasteiger partial charge is 0.330 e. The lowest BCUT2D eigenvalue weighted by atomic mass is 10.1. The Labute approximate surface area is 173 Å². The van der Waals surface area contributed by atoms with Gasteiger partial charge in [-0.3, -0.25) is 24.0 Å². The van der Waals surface area contributed by atoms with E-state index in [0.717, 1.165) is 17.4 Å². The largest absolute Gasteiger partial charge is 0.376 e. The summed E-state index contributed by atoms with van der Waals surface area (Å²) in [7, 11) is 3.03. The van der Waals surface area contributed by atoms with Gasteiger partial charge >= 0.3 is 5.69 Å². The number of aryl methyl sites for hydroxylation is 1. The molecule has 0 radical (unpaired) electrons. The van der Waals surface area contributed by atoms with Crippen LogP contribution in [-0.2, 0) is 25.4 Å². The number of fused-ring (bicyclic) bond motifs is 1. The van der Waals surface area contributed by atoms with E-state index in [1.165, 1.54) is 23.7 Å². The first-order valence-corrected chi connectivity index (χ1v) is 9.93. The Kier molecular flexibility index (Phi) is 4.91. The van der Waals surface area contributed by atoms with E-state index in [1.807, 2.05) is 4.57 Å². The Hall–Kier alpha value is -2.72. The number of nitrogens with zero attached hydrogens (tertiary/aromatic N) is 4. The third-order valence-electron chi connectivity index (χ3n) is 5.35. The highest BCUT2D eigenvalue weighted by molar-refractivity contribution is 9.10. The SMILES string of the molecule is Cn1c(=O)c2c(-c3cc([N+](=O)[O-])ccc3Br)n(C[C@H]3CCCO3)cc2n(C)c1=O. The first-order valence-electron chi connectivity index (χ1n) is 9.14. The van der Waals surface area contributed by atoms with Crippen molar-refractivity contribution in [1.82, 2.24) is 13.7 Å². The molecule has 0 amide bonds. The van der Waals surface area contributed by atoms with E-state index in [0.29, 0.717) is 39.8 Å². The number of non-ortho nitro benzene ring substituents is 1. The summed E-state index contributed by atoms with van der Waals surface area (Å²) in [5.41, 5.74) is 0.571. The van der Waals surface area contributed by atoms with Crippen LogP contribution < -0.4 is 11.2 Å². The molecular formula is C19H19BrN4O5. The fourth-order valence-electron chi connectivity index (χ4n) is 3.84. The molecule has 29 heavy (non-hydrogen) atoms. The minimum absolute atomic E-state index is 0.0195. The summed E-state index contributed by atoms with van der Waals surface area (Å²) >= 11 is 3.47. The zero-order chi connectivity index (χ0) is 20.9. The van der Waals surface area contributed by atoms with Gasteiger partial charge in [-0.15, -0.1) is 0 Å². The van der Waals surface area contributed by atoms with E-state index in [-0.39, 0.29) is 11.8 Å². The average Bonchev–Trinajstić information content (AvgIpc) is 3.33. The fraction of sp³-hybridized carbons (Fsp3) is 0.368. The fourth-order valence-corrected chi connectivity index (χ4v) is 4.27. The van der Waals surface area contributed by atoms with Gasteiger partial charge in [-0.25, -0.2) is 4.79 Å². The highest BCUT2D eigenvalue weighted by Crippen LogP contribution is 2.36. The second kappa shape index (κ2) is 7.27. The van der Waals surface area contributed by atoms with Crippen molar-refractivity contribution in [3.05, 3.63) is 59.8 Å². The average molecular weight is 463 g/mol. The number of halogens is 1. The lowest BCUT2D eigenvalue weighted by molar-refractivity contribution is -0.384. The number of nitro benzene ring substituents is 1. The summed E-state index contributed by atoms with van der Waals surface area (Å²) in [6.07, 6.45) is 3.58. The molecule has 1 aromatic carbocycles. The first-order chi connectivity index (χ1) is 13.8. The number of rotatable bonds is 4. The van der Waals surface area contributed by atoms with E-state index < -0.39 is 16.2 Å². The molecule has 3 aromatic rings. The Morgan fingerprint density at radius 1 is 1.28 bits per heavy atom. The van der Waals surface area contributed by atoms with Crippen molar-refractivity contribution in [1.29, 1.82) is 0 Å². The Morgan fingerprint density at radius 2 is 2.03 bits per heavy atom. The van der Waals surface area contributed by atoms with Crippen molar-refractivity contribution in [2.75, 3.05) is 6.61 Å². The molecule has 0 aliphatic carbocycles. The van der Waals surface area contributed by atoms with Gasteiger partial charge in [-0.1, -0.05) is 15.9 Å². The highest BCUT2D eigenvalue weighted by atomic mass is 79.9. The van der Waals surface area contributed by atoms with E-state index in [2.05, 4.69) is 15.9 Å². The molecule has 4 rings (SSSR count). The van der Waals surface area contributed by atoms with Crippen molar-refractivity contribution in [3.63, 3.8) is 0 Å². The van der Waals surface area contributed by atoms with E-state index in [9.17, 15) is 19.7 Å². The van der Waals surface area contributed by atoms with Gasteiger partial charge in [0.05, 0.1) is 27.6 Å². The molecule has 0 spiro atoms. The molecule has 1 aliphatic heterocycles. The number of hydrogen-bond acceptors (Lipinski definition) is 5. The van der Waals surface area contributed by atoms with Crippen LogP contribution >= 0.6 is 15.9 Å². The molecule has 3 heterocycles. The quantitative estimate of drug-likeness (QED) is 0.437. The van der Waals surface area contributed by atoms with Crippen molar-refractivity contribution >= 4 is 32.5 Å². The predicted octanol–water partition coefficient (Wildman–Crippen LogP) is 2.56. The number of ether oxygens (including phenoxy) is 1. The molecule has 152 valence electrons. The molecule has 0 bridgehead atoms. The molecule has 9 nitrogen and oxygen atoms in total. The Balaban J connectivity index is 2.08. The third kappa shape index (κ3) is 3.22. The Morgan fingerprint density at radius 3 is 2.69 bits per heavy atom.